The Morgan fingerprint density at radius 3 is 2.13 bits per heavy atom. The molecular weight excluding hydrogens is 1140 g/mol. The zero-order chi connectivity index (χ0) is 64.5. The van der Waals surface area contributed by atoms with Crippen LogP contribution < -0.4 is 43.0 Å². The molecule has 11 amide bonds. The molecule has 2 aliphatic rings. The maximum Gasteiger partial charge on any atom is 0.407 e. The zero-order valence-corrected chi connectivity index (χ0v) is 53.1. The number of hydrogen-bond donors (Lipinski definition) is 9. The monoisotopic (exact) mass is 1230 g/mol. The Morgan fingerprint density at radius 1 is 0.839 bits per heavy atom. The molecule has 482 valence electrons. The van der Waals surface area contributed by atoms with Crippen LogP contribution in [0.25, 0.3) is 0 Å². The molecule has 1 aromatic carbocycles. The van der Waals surface area contributed by atoms with Crippen LogP contribution in [0.4, 0.5) is 15.3 Å². The van der Waals surface area contributed by atoms with Crippen LogP contribution >= 0.6 is 11.3 Å². The van der Waals surface area contributed by atoms with Crippen LogP contribution in [0.2, 0.25) is 0 Å². The molecule has 1 aromatic heterocycles. The molecule has 2 aliphatic heterocycles. The molecule has 1 saturated heterocycles. The van der Waals surface area contributed by atoms with Gasteiger partial charge in [-0.1, -0.05) is 86.8 Å². The van der Waals surface area contributed by atoms with E-state index < -0.39 is 84.0 Å². The summed E-state index contributed by atoms with van der Waals surface area (Å²) in [6.45, 7) is 16.3. The first-order valence-electron chi connectivity index (χ1n) is 30.5. The van der Waals surface area contributed by atoms with Crippen molar-refractivity contribution in [3.8, 4) is 0 Å². The molecule has 0 bridgehead atoms. The zero-order valence-electron chi connectivity index (χ0n) is 52.2. The van der Waals surface area contributed by atoms with E-state index in [1.54, 1.807) is 43.0 Å². The van der Waals surface area contributed by atoms with Gasteiger partial charge in [-0.2, -0.15) is 0 Å². The number of amides is 11. The second kappa shape index (κ2) is 36.0. The Hall–Kier alpha value is -7.48. The summed E-state index contributed by atoms with van der Waals surface area (Å²) >= 11 is 1.09. The molecule has 4 rings (SSSR count). The fraction of sp³-hybridized carbons (Fsp3) is 0.639. The number of benzene rings is 1. The van der Waals surface area contributed by atoms with Gasteiger partial charge in [-0.25, -0.2) is 14.6 Å². The molecule has 0 aliphatic carbocycles. The number of rotatable bonds is 36. The van der Waals surface area contributed by atoms with E-state index in [1.807, 2.05) is 46.6 Å². The number of likely N-dealkylation sites (N-methyl/N-ethyl adjacent to an activating group) is 1. The smallest absolute Gasteiger partial charge is 0.407 e. The van der Waals surface area contributed by atoms with Crippen LogP contribution in [0, 0.1) is 23.7 Å². The van der Waals surface area contributed by atoms with Crippen molar-refractivity contribution in [2.45, 2.75) is 188 Å². The van der Waals surface area contributed by atoms with E-state index in [0.29, 0.717) is 61.3 Å². The minimum atomic E-state index is -1.12. The third-order valence-electron chi connectivity index (χ3n) is 15.9. The SMILES string of the molecule is CCCN(C(=O)[C@@H](NC(=O)[C@H]1CCCCN1C)[C@@H](C)CC)[C@H](C[C@@H](OC(=O)NC)c1nc(C(=O)N[C@@H](Cc2ccc(NC(=O)[C@H](CCCNC(N)=O)NC(=O)[C@@H](NC(=O)CCCCCN3C(=O)C=CC3=O)C(C)C)cc2)C[C@H](C)C(=O)O)cs1)C(C)C. The van der Waals surface area contributed by atoms with E-state index in [1.165, 1.54) is 31.5 Å². The Morgan fingerprint density at radius 2 is 1.53 bits per heavy atom. The molecule has 25 nitrogen and oxygen atoms in total. The van der Waals surface area contributed by atoms with Crippen molar-refractivity contribution in [3.63, 3.8) is 0 Å². The number of nitrogens with two attached hydrogens (primary N) is 1. The third-order valence-corrected chi connectivity index (χ3v) is 16.8. The number of imide groups is 1. The largest absolute Gasteiger partial charge is 0.481 e. The molecule has 0 saturated carbocycles. The van der Waals surface area contributed by atoms with E-state index in [-0.39, 0.29) is 105 Å². The first-order valence-corrected chi connectivity index (χ1v) is 31.4. The topological polar surface area (TPSA) is 350 Å². The lowest BCUT2D eigenvalue weighted by Crippen LogP contribution is -2.58. The predicted octanol–water partition coefficient (Wildman–Crippen LogP) is 5.16. The van der Waals surface area contributed by atoms with Crippen molar-refractivity contribution in [1.82, 2.24) is 51.6 Å². The van der Waals surface area contributed by atoms with Crippen LogP contribution in [-0.2, 0) is 49.5 Å². The first-order chi connectivity index (χ1) is 41.3. The Kier molecular flexibility index (Phi) is 29.8. The molecule has 0 unspecified atom stereocenters. The number of aliphatic carboxylic acids is 1. The first kappa shape index (κ1) is 72.0. The number of ether oxygens (including phenoxy) is 1. The number of nitrogens with one attached hydrogen (secondary N) is 7. The average Bonchev–Trinajstić information content (AvgIpc) is 3.04. The third kappa shape index (κ3) is 23.0. The number of likely N-dealkylation sites (tertiary alicyclic amines) is 1. The molecule has 2 aromatic rings. The average molecular weight is 1240 g/mol. The second-order valence-electron chi connectivity index (χ2n) is 23.4. The van der Waals surface area contributed by atoms with Crippen molar-refractivity contribution in [2.24, 2.45) is 29.4 Å². The summed E-state index contributed by atoms with van der Waals surface area (Å²) in [6.07, 6.45) is 6.74. The number of carboxylic acid groups (broad SMARTS) is 1. The van der Waals surface area contributed by atoms with Gasteiger partial charge in [-0.3, -0.25) is 53.0 Å². The Labute approximate surface area is 515 Å². The van der Waals surface area contributed by atoms with Crippen LogP contribution in [0.15, 0.2) is 41.8 Å². The molecule has 3 heterocycles. The highest BCUT2D eigenvalue weighted by atomic mass is 32.1. The predicted molar refractivity (Wildman–Crippen MR) is 329 cm³/mol. The maximum absolute atomic E-state index is 14.8. The summed E-state index contributed by atoms with van der Waals surface area (Å²) in [5, 5.41) is 31.1. The van der Waals surface area contributed by atoms with Gasteiger partial charge in [-0.15, -0.1) is 11.3 Å². The molecule has 0 radical (unpaired) electrons. The highest BCUT2D eigenvalue weighted by molar-refractivity contribution is 7.09. The van der Waals surface area contributed by atoms with Crippen LogP contribution in [0.3, 0.4) is 0 Å². The molecule has 9 atom stereocenters. The van der Waals surface area contributed by atoms with Gasteiger partial charge in [0.25, 0.3) is 17.7 Å². The van der Waals surface area contributed by atoms with E-state index in [0.717, 1.165) is 35.6 Å². The summed E-state index contributed by atoms with van der Waals surface area (Å²) < 4.78 is 5.94. The van der Waals surface area contributed by atoms with Crippen molar-refractivity contribution >= 4 is 82.4 Å². The normalized spacial score (nSPS) is 17.0. The number of anilines is 1. The van der Waals surface area contributed by atoms with Crippen molar-refractivity contribution in [2.75, 3.05) is 45.6 Å². The summed E-state index contributed by atoms with van der Waals surface area (Å²) in [6, 6.07) is 1.36. The number of urea groups is 1. The van der Waals surface area contributed by atoms with Gasteiger partial charge in [0.05, 0.1) is 12.0 Å². The van der Waals surface area contributed by atoms with Gasteiger partial charge >= 0.3 is 18.1 Å². The summed E-state index contributed by atoms with van der Waals surface area (Å²) in [5.41, 5.74) is 6.26. The molecule has 0 spiro atoms. The van der Waals surface area contributed by atoms with Gasteiger partial charge in [0.2, 0.25) is 29.5 Å². The van der Waals surface area contributed by atoms with Gasteiger partial charge < -0.3 is 57.7 Å². The number of piperidine rings is 1. The van der Waals surface area contributed by atoms with Gasteiger partial charge in [0.15, 0.2) is 6.10 Å². The van der Waals surface area contributed by atoms with Crippen molar-refractivity contribution in [1.29, 1.82) is 0 Å². The number of thiazole rings is 1. The quantitative estimate of drug-likeness (QED) is 0.0314. The number of carbonyl (C=O) groups excluding carboxylic acids is 10. The minimum absolute atomic E-state index is 0.00617. The fourth-order valence-electron chi connectivity index (χ4n) is 10.5. The van der Waals surface area contributed by atoms with Crippen molar-refractivity contribution in [3.05, 3.63) is 58.1 Å². The molecular formula is C61H94N12O13S. The summed E-state index contributed by atoms with van der Waals surface area (Å²) in [5.74, 6) is -6.04. The number of nitrogens with zero attached hydrogens (tertiary/aromatic N) is 4. The van der Waals surface area contributed by atoms with E-state index in [2.05, 4.69) is 42.2 Å². The Balaban J connectivity index is 1.49. The summed E-state index contributed by atoms with van der Waals surface area (Å²) in [4.78, 5) is 153. The van der Waals surface area contributed by atoms with E-state index >= 15 is 0 Å². The van der Waals surface area contributed by atoms with Gasteiger partial charge in [0.1, 0.15) is 28.8 Å². The summed E-state index contributed by atoms with van der Waals surface area (Å²) in [7, 11) is 3.34. The maximum atomic E-state index is 14.8. The van der Waals surface area contributed by atoms with Crippen LogP contribution in [0.1, 0.15) is 166 Å². The van der Waals surface area contributed by atoms with E-state index in [4.69, 9.17) is 10.5 Å². The molecule has 87 heavy (non-hydrogen) atoms. The number of primary amides is 1. The van der Waals surface area contributed by atoms with Crippen molar-refractivity contribution < 1.29 is 62.6 Å². The second-order valence-corrected chi connectivity index (χ2v) is 24.3. The Bertz CT molecular complexity index is 2690. The lowest BCUT2D eigenvalue weighted by molar-refractivity contribution is -0.143. The number of aromatic nitrogens is 1. The molecule has 26 heteroatoms. The van der Waals surface area contributed by atoms with Crippen LogP contribution in [0.5, 0.6) is 0 Å². The standard InChI is InChI=1S/C61H94N12O13S/c1-11-29-72(58(81)52(38(7)12-2)70-55(79)45-20-15-17-30-71(45)10)46(36(3)4)34-47(86-61(85)63-9)57-68-44(35-87-57)54(78)66-42(32-39(8)59(82)83)33-40-22-24-41(25-23-40)65-53(77)43(19-18-28-64-60(62)84)67-56(80)51(37(5)6)69-48(74)21-14-13-16-31-73-49(75)26-27-50(73)76/h22-27,35-39,42-43,45-47,51-52H,11-21,28-34H2,1-10H3,(H,63,85)(H,65,77)(H,66,78)(H,67,80)(H,69,74)(H,70,79)(H,82,83)(H3,62,64,84)/t38-,39-,42+,43-,45+,46+,47+,51-,52-/m0/s1. The van der Waals surface area contributed by atoms with E-state index in [9.17, 15) is 57.8 Å². The number of carboxylic acids is 1. The van der Waals surface area contributed by atoms with Gasteiger partial charge in [0, 0.05) is 74.8 Å². The highest BCUT2D eigenvalue weighted by Gasteiger charge is 2.39. The fourth-order valence-corrected chi connectivity index (χ4v) is 11.4. The highest BCUT2D eigenvalue weighted by Crippen LogP contribution is 2.32. The van der Waals surface area contributed by atoms with Crippen LogP contribution in [-0.4, -0.2) is 167 Å². The molecule has 10 N–H and O–H groups in total. The van der Waals surface area contributed by atoms with Gasteiger partial charge in [-0.05, 0) is 107 Å². The lowest BCUT2D eigenvalue weighted by Gasteiger charge is -2.40. The number of carbonyl (C=O) groups is 11. The molecule has 1 fully saturated rings. The number of alkyl carbamates (subject to hydrolysis) is 1. The number of unbranched alkanes of at least 4 members (excludes halogenated alkanes) is 2. The lowest BCUT2D eigenvalue weighted by atomic mass is 9.92. The number of hydrogen-bond acceptors (Lipinski definition) is 15. The minimum Gasteiger partial charge on any atom is -0.481 e.